The van der Waals surface area contributed by atoms with E-state index in [1.807, 2.05) is 0 Å². The Bertz CT molecular complexity index is 792. The van der Waals surface area contributed by atoms with Gasteiger partial charge in [0.05, 0.1) is 12.2 Å². The zero-order chi connectivity index (χ0) is 24.2. The van der Waals surface area contributed by atoms with E-state index < -0.39 is 76.2 Å². The number of alkyl halides is 9. The first-order valence-corrected chi connectivity index (χ1v) is 7.82. The van der Waals surface area contributed by atoms with E-state index in [-0.39, 0.29) is 17.1 Å². The summed E-state index contributed by atoms with van der Waals surface area (Å²) in [6.07, 6.45) is -24.8. The molecule has 0 saturated heterocycles. The van der Waals surface area contributed by atoms with Crippen molar-refractivity contribution in [1.29, 1.82) is 0 Å². The van der Waals surface area contributed by atoms with E-state index in [4.69, 9.17) is 0 Å². The first-order valence-electron chi connectivity index (χ1n) is 7.82. The zero-order valence-corrected chi connectivity index (χ0v) is 16.4. The molecular formula is C16H14CuF12O2. The Balaban J connectivity index is 0.00000900. The molecule has 1 radical (unpaired) electrons. The molecule has 2 nitrogen and oxygen atoms in total. The summed E-state index contributed by atoms with van der Waals surface area (Å²) in [5.41, 5.74) is -11.1. The Morgan fingerprint density at radius 3 is 1.32 bits per heavy atom. The molecule has 0 aliphatic heterocycles. The van der Waals surface area contributed by atoms with Crippen LogP contribution in [0, 0.1) is 28.8 Å². The van der Waals surface area contributed by atoms with Gasteiger partial charge in [0.1, 0.15) is 17.0 Å². The largest absolute Gasteiger partial charge is 0.422 e. The van der Waals surface area contributed by atoms with Crippen LogP contribution in [0.15, 0.2) is 0 Å². The van der Waals surface area contributed by atoms with Crippen LogP contribution in [0.5, 0.6) is 0 Å². The third kappa shape index (κ3) is 5.99. The first-order chi connectivity index (χ1) is 13.0. The van der Waals surface area contributed by atoms with Gasteiger partial charge in [-0.25, -0.2) is 13.2 Å². The summed E-state index contributed by atoms with van der Waals surface area (Å²) in [6.45, 7) is 2.83. The third-order valence-electron chi connectivity index (χ3n) is 4.17. The monoisotopic (exact) mass is 529 g/mol. The van der Waals surface area contributed by atoms with Crippen LogP contribution in [-0.2, 0) is 29.4 Å². The van der Waals surface area contributed by atoms with Crippen LogP contribution in [0.1, 0.15) is 43.6 Å². The molecule has 185 valence electrons. The molecule has 0 heterocycles. The molecule has 0 aliphatic rings. The standard InChI is InChI=1S/C16H14F12O2.Cu/c1-13(2,3)12(30)7(16(26,27)28)11(29)4-5(14(20,21)22)9(18)6(15(23,24)25)10(19)8(4)17;/h7,11-12,29-30H,1-3H3;. The van der Waals surface area contributed by atoms with Crippen LogP contribution >= 0.6 is 0 Å². The van der Waals surface area contributed by atoms with Gasteiger partial charge in [0.25, 0.3) is 0 Å². The summed E-state index contributed by atoms with van der Waals surface area (Å²) in [4.78, 5) is 0. The van der Waals surface area contributed by atoms with Crippen LogP contribution in [0.25, 0.3) is 0 Å². The number of rotatable bonds is 3. The maximum atomic E-state index is 14.2. The van der Waals surface area contributed by atoms with E-state index in [0.717, 1.165) is 20.8 Å². The van der Waals surface area contributed by atoms with Gasteiger partial charge in [0.2, 0.25) is 0 Å². The van der Waals surface area contributed by atoms with Crippen molar-refractivity contribution in [3.63, 3.8) is 0 Å². The van der Waals surface area contributed by atoms with Crippen molar-refractivity contribution in [3.05, 3.63) is 34.1 Å². The van der Waals surface area contributed by atoms with Crippen molar-refractivity contribution in [2.45, 2.75) is 51.5 Å². The topological polar surface area (TPSA) is 40.5 Å². The number of hydrogen-bond donors (Lipinski definition) is 2. The van der Waals surface area contributed by atoms with Crippen molar-refractivity contribution in [2.75, 3.05) is 0 Å². The van der Waals surface area contributed by atoms with Crippen molar-refractivity contribution >= 4 is 0 Å². The summed E-state index contributed by atoms with van der Waals surface area (Å²) in [5.74, 6) is -13.5. The molecule has 0 saturated carbocycles. The number of aliphatic hydroxyl groups is 2. The average molecular weight is 530 g/mol. The van der Waals surface area contributed by atoms with Gasteiger partial charge in [-0.15, -0.1) is 0 Å². The minimum atomic E-state index is -6.27. The summed E-state index contributed by atoms with van der Waals surface area (Å²) in [5, 5.41) is 19.8. The minimum absolute atomic E-state index is 0. The van der Waals surface area contributed by atoms with E-state index in [1.165, 1.54) is 0 Å². The molecule has 31 heavy (non-hydrogen) atoms. The van der Waals surface area contributed by atoms with Gasteiger partial charge >= 0.3 is 18.5 Å². The van der Waals surface area contributed by atoms with Crippen LogP contribution in [0.3, 0.4) is 0 Å². The van der Waals surface area contributed by atoms with Crippen molar-refractivity contribution in [2.24, 2.45) is 11.3 Å². The van der Waals surface area contributed by atoms with Crippen molar-refractivity contribution < 1.29 is 80.0 Å². The van der Waals surface area contributed by atoms with E-state index in [9.17, 15) is 62.9 Å². The molecule has 1 aromatic rings. The average Bonchev–Trinajstić information content (AvgIpc) is 2.45. The van der Waals surface area contributed by atoms with Gasteiger partial charge in [-0.05, 0) is 5.41 Å². The number of benzene rings is 1. The number of aliphatic hydroxyl groups excluding tert-OH is 2. The van der Waals surface area contributed by atoms with Crippen LogP contribution < -0.4 is 0 Å². The second-order valence-electron chi connectivity index (χ2n) is 7.42. The SMILES string of the molecule is CC(C)(C)C(O)C(C(O)c1c(F)c(F)c(C(F)(F)F)c(F)c1C(F)(F)F)C(F)(F)F.[Cu]. The molecular weight excluding hydrogens is 516 g/mol. The van der Waals surface area contributed by atoms with Crippen molar-refractivity contribution in [1.82, 2.24) is 0 Å². The van der Waals surface area contributed by atoms with Crippen molar-refractivity contribution in [3.8, 4) is 0 Å². The number of halogens is 12. The zero-order valence-electron chi connectivity index (χ0n) is 15.5. The fourth-order valence-electron chi connectivity index (χ4n) is 2.73. The smallest absolute Gasteiger partial charge is 0.392 e. The molecule has 0 spiro atoms. The van der Waals surface area contributed by atoms with Crippen LogP contribution in [0.4, 0.5) is 52.7 Å². The summed E-state index contributed by atoms with van der Waals surface area (Å²) in [6, 6.07) is 0. The molecule has 0 aliphatic carbocycles. The predicted octanol–water partition coefficient (Wildman–Crippen LogP) is 5.76. The number of hydrogen-bond acceptors (Lipinski definition) is 2. The van der Waals surface area contributed by atoms with Gasteiger partial charge in [-0.3, -0.25) is 0 Å². The van der Waals surface area contributed by atoms with Crippen LogP contribution in [0.2, 0.25) is 0 Å². The summed E-state index contributed by atoms with van der Waals surface area (Å²) >= 11 is 0. The van der Waals surface area contributed by atoms with E-state index >= 15 is 0 Å². The maximum Gasteiger partial charge on any atom is 0.422 e. The normalized spacial score (nSPS) is 16.5. The molecule has 0 amide bonds. The second-order valence-corrected chi connectivity index (χ2v) is 7.42. The fraction of sp³-hybridized carbons (Fsp3) is 0.625. The fourth-order valence-corrected chi connectivity index (χ4v) is 2.73. The molecule has 0 aromatic heterocycles. The Kier molecular flexibility index (Phi) is 8.64. The predicted molar refractivity (Wildman–Crippen MR) is 76.3 cm³/mol. The van der Waals surface area contributed by atoms with E-state index in [2.05, 4.69) is 0 Å². The van der Waals surface area contributed by atoms with Gasteiger partial charge < -0.3 is 10.2 Å². The molecule has 0 fully saturated rings. The molecule has 0 bridgehead atoms. The van der Waals surface area contributed by atoms with E-state index in [0.29, 0.717) is 0 Å². The molecule has 3 unspecified atom stereocenters. The minimum Gasteiger partial charge on any atom is -0.392 e. The van der Waals surface area contributed by atoms with Gasteiger partial charge in [0.15, 0.2) is 17.5 Å². The summed E-state index contributed by atoms with van der Waals surface area (Å²) < 4.78 is 160. The molecule has 2 N–H and O–H groups in total. The quantitative estimate of drug-likeness (QED) is 0.297. The maximum absolute atomic E-state index is 14.2. The second kappa shape index (κ2) is 8.99. The van der Waals surface area contributed by atoms with Crippen LogP contribution in [-0.4, -0.2) is 22.5 Å². The Hall–Kier alpha value is -1.18. The molecule has 3 atom stereocenters. The van der Waals surface area contributed by atoms with E-state index in [1.54, 1.807) is 0 Å². The van der Waals surface area contributed by atoms with Gasteiger partial charge in [-0.1, -0.05) is 20.8 Å². The van der Waals surface area contributed by atoms with Gasteiger partial charge in [0, 0.05) is 22.6 Å². The molecule has 1 aromatic carbocycles. The molecule has 1 rings (SSSR count). The Labute approximate surface area is 177 Å². The third-order valence-corrected chi connectivity index (χ3v) is 4.17. The Morgan fingerprint density at radius 1 is 0.645 bits per heavy atom. The summed E-state index contributed by atoms with van der Waals surface area (Å²) in [7, 11) is 0. The first kappa shape index (κ1) is 29.8. The molecule has 15 heteroatoms. The Morgan fingerprint density at radius 2 is 1.03 bits per heavy atom. The van der Waals surface area contributed by atoms with Gasteiger partial charge in [-0.2, -0.15) is 39.5 Å².